The molecule has 0 bridgehead atoms. The standard InChI is InChI=1S/C21H22N2O5/c1-15(22-19(24)13-8-16-6-4-3-5-7-16)21(26)28-14-20(25)23-17-9-11-18(27-2)12-10-17/h3-13,15H,14H2,1-2H3,(H,22,24)(H,23,25)/b13-8+/t15-/m0/s1. The molecular formula is C21H22N2O5. The number of benzene rings is 2. The first kappa shape index (κ1) is 20.7. The third-order valence-electron chi connectivity index (χ3n) is 3.66. The van der Waals surface area contributed by atoms with Crippen molar-refractivity contribution in [3.63, 3.8) is 0 Å². The number of methoxy groups -OCH3 is 1. The molecule has 0 unspecified atom stereocenters. The summed E-state index contributed by atoms with van der Waals surface area (Å²) in [6, 6.07) is 15.1. The first-order valence-electron chi connectivity index (χ1n) is 8.62. The average Bonchev–Trinajstić information content (AvgIpc) is 2.71. The van der Waals surface area contributed by atoms with E-state index in [1.807, 2.05) is 30.3 Å². The number of rotatable bonds is 8. The van der Waals surface area contributed by atoms with Crippen molar-refractivity contribution in [1.29, 1.82) is 0 Å². The van der Waals surface area contributed by atoms with Crippen LogP contribution in [-0.2, 0) is 19.1 Å². The number of carbonyl (C=O) groups is 3. The van der Waals surface area contributed by atoms with Crippen molar-refractivity contribution in [3.05, 3.63) is 66.2 Å². The van der Waals surface area contributed by atoms with E-state index >= 15 is 0 Å². The van der Waals surface area contributed by atoms with Crippen LogP contribution in [0.1, 0.15) is 12.5 Å². The summed E-state index contributed by atoms with van der Waals surface area (Å²) < 4.78 is 9.96. The predicted molar refractivity (Wildman–Crippen MR) is 106 cm³/mol. The van der Waals surface area contributed by atoms with Crippen molar-refractivity contribution >= 4 is 29.5 Å². The minimum absolute atomic E-state index is 0.434. The lowest BCUT2D eigenvalue weighted by atomic mass is 10.2. The summed E-state index contributed by atoms with van der Waals surface area (Å²) in [6.07, 6.45) is 2.96. The van der Waals surface area contributed by atoms with E-state index < -0.39 is 30.4 Å². The Morgan fingerprint density at radius 1 is 1.04 bits per heavy atom. The van der Waals surface area contributed by atoms with Crippen molar-refractivity contribution in [2.75, 3.05) is 19.0 Å². The molecule has 2 N–H and O–H groups in total. The number of esters is 1. The van der Waals surface area contributed by atoms with Gasteiger partial charge < -0.3 is 20.1 Å². The number of anilines is 1. The third kappa shape index (κ3) is 6.95. The molecule has 0 heterocycles. The van der Waals surface area contributed by atoms with E-state index in [4.69, 9.17) is 9.47 Å². The van der Waals surface area contributed by atoms with E-state index in [1.165, 1.54) is 13.0 Å². The van der Waals surface area contributed by atoms with Crippen LogP contribution in [0.5, 0.6) is 5.75 Å². The second kappa shape index (κ2) is 10.5. The highest BCUT2D eigenvalue weighted by molar-refractivity contribution is 5.95. The number of ether oxygens (including phenoxy) is 2. The molecule has 0 aliphatic heterocycles. The average molecular weight is 382 g/mol. The first-order valence-corrected chi connectivity index (χ1v) is 8.62. The number of hydrogen-bond donors (Lipinski definition) is 2. The Morgan fingerprint density at radius 3 is 2.36 bits per heavy atom. The van der Waals surface area contributed by atoms with Crippen LogP contribution in [0.3, 0.4) is 0 Å². The maximum Gasteiger partial charge on any atom is 0.328 e. The van der Waals surface area contributed by atoms with Crippen LogP contribution >= 0.6 is 0 Å². The van der Waals surface area contributed by atoms with Crippen LogP contribution in [0, 0.1) is 0 Å². The SMILES string of the molecule is COc1ccc(NC(=O)COC(=O)[C@H](C)NC(=O)/C=C/c2ccccc2)cc1. The predicted octanol–water partition coefficient (Wildman–Crippen LogP) is 2.39. The number of nitrogens with one attached hydrogen (secondary N) is 2. The van der Waals surface area contributed by atoms with Crippen molar-refractivity contribution in [2.45, 2.75) is 13.0 Å². The van der Waals surface area contributed by atoms with Crippen LogP contribution in [0.15, 0.2) is 60.7 Å². The molecule has 0 saturated heterocycles. The van der Waals surface area contributed by atoms with Crippen LogP contribution in [0.2, 0.25) is 0 Å². The van der Waals surface area contributed by atoms with Gasteiger partial charge in [-0.1, -0.05) is 30.3 Å². The maximum absolute atomic E-state index is 11.9. The lowest BCUT2D eigenvalue weighted by molar-refractivity contribution is -0.149. The normalized spacial score (nSPS) is 11.5. The van der Waals surface area contributed by atoms with Gasteiger partial charge in [-0.15, -0.1) is 0 Å². The molecule has 146 valence electrons. The molecule has 28 heavy (non-hydrogen) atoms. The summed E-state index contributed by atoms with van der Waals surface area (Å²) in [5.74, 6) is -0.960. The van der Waals surface area contributed by atoms with Crippen molar-refractivity contribution < 1.29 is 23.9 Å². The molecule has 0 aliphatic rings. The third-order valence-corrected chi connectivity index (χ3v) is 3.66. The molecule has 2 amide bonds. The van der Waals surface area contributed by atoms with Gasteiger partial charge in [0.1, 0.15) is 11.8 Å². The Bertz CT molecular complexity index is 832. The van der Waals surface area contributed by atoms with Gasteiger partial charge in [-0.05, 0) is 42.8 Å². The summed E-state index contributed by atoms with van der Waals surface area (Å²) in [5.41, 5.74) is 1.41. The van der Waals surface area contributed by atoms with E-state index in [-0.39, 0.29) is 0 Å². The second-order valence-electron chi connectivity index (χ2n) is 5.86. The van der Waals surface area contributed by atoms with Crippen LogP contribution in [0.25, 0.3) is 6.08 Å². The molecule has 1 atom stereocenters. The van der Waals surface area contributed by atoms with Gasteiger partial charge in [-0.2, -0.15) is 0 Å². The Balaban J connectivity index is 1.74. The Labute approximate surface area is 163 Å². The number of amides is 2. The van der Waals surface area contributed by atoms with Crippen molar-refractivity contribution in [1.82, 2.24) is 5.32 Å². The van der Waals surface area contributed by atoms with Crippen LogP contribution in [0.4, 0.5) is 5.69 Å². The second-order valence-corrected chi connectivity index (χ2v) is 5.86. The topological polar surface area (TPSA) is 93.7 Å². The monoisotopic (exact) mass is 382 g/mol. The fourth-order valence-electron chi connectivity index (χ4n) is 2.19. The zero-order valence-corrected chi connectivity index (χ0v) is 15.7. The van der Waals surface area contributed by atoms with Crippen molar-refractivity contribution in [2.24, 2.45) is 0 Å². The van der Waals surface area contributed by atoms with Gasteiger partial charge in [0.05, 0.1) is 7.11 Å². The largest absolute Gasteiger partial charge is 0.497 e. The molecule has 7 heteroatoms. The zero-order valence-electron chi connectivity index (χ0n) is 15.7. The van der Waals surface area contributed by atoms with Gasteiger partial charge in [-0.3, -0.25) is 9.59 Å². The molecule has 0 fully saturated rings. The fraction of sp³-hybridized carbons (Fsp3) is 0.190. The molecule has 0 radical (unpaired) electrons. The highest BCUT2D eigenvalue weighted by Crippen LogP contribution is 2.14. The van der Waals surface area contributed by atoms with Crippen molar-refractivity contribution in [3.8, 4) is 5.75 Å². The molecule has 2 aromatic rings. The lowest BCUT2D eigenvalue weighted by Gasteiger charge is -2.12. The molecule has 0 aliphatic carbocycles. The van der Waals surface area contributed by atoms with Gasteiger partial charge in [0.25, 0.3) is 5.91 Å². The zero-order chi connectivity index (χ0) is 20.4. The Morgan fingerprint density at radius 2 is 1.71 bits per heavy atom. The first-order chi connectivity index (χ1) is 13.5. The highest BCUT2D eigenvalue weighted by Gasteiger charge is 2.17. The summed E-state index contributed by atoms with van der Waals surface area (Å²) in [6.45, 7) is 1.03. The maximum atomic E-state index is 11.9. The van der Waals surface area contributed by atoms with Gasteiger partial charge in [-0.25, -0.2) is 4.79 Å². The molecule has 7 nitrogen and oxygen atoms in total. The number of carbonyl (C=O) groups excluding carboxylic acids is 3. The lowest BCUT2D eigenvalue weighted by Crippen LogP contribution is -2.39. The minimum atomic E-state index is -0.887. The van der Waals surface area contributed by atoms with Gasteiger partial charge in [0, 0.05) is 11.8 Å². The quantitative estimate of drug-likeness (QED) is 0.540. The van der Waals surface area contributed by atoms with Crippen LogP contribution < -0.4 is 15.4 Å². The Hall–Kier alpha value is -3.61. The van der Waals surface area contributed by atoms with E-state index in [0.717, 1.165) is 5.56 Å². The van der Waals surface area contributed by atoms with Gasteiger partial charge >= 0.3 is 5.97 Å². The van der Waals surface area contributed by atoms with Gasteiger partial charge in [0.2, 0.25) is 5.91 Å². The highest BCUT2D eigenvalue weighted by atomic mass is 16.5. The number of hydrogen-bond acceptors (Lipinski definition) is 5. The van der Waals surface area contributed by atoms with Gasteiger partial charge in [0.15, 0.2) is 6.61 Å². The van der Waals surface area contributed by atoms with E-state index in [9.17, 15) is 14.4 Å². The summed E-state index contributed by atoms with van der Waals surface area (Å²) in [5, 5.41) is 5.09. The summed E-state index contributed by atoms with van der Waals surface area (Å²) in [4.78, 5) is 35.7. The molecule has 2 rings (SSSR count). The summed E-state index contributed by atoms with van der Waals surface area (Å²) >= 11 is 0. The summed E-state index contributed by atoms with van der Waals surface area (Å²) in [7, 11) is 1.55. The molecular weight excluding hydrogens is 360 g/mol. The minimum Gasteiger partial charge on any atom is -0.497 e. The van der Waals surface area contributed by atoms with Crippen LogP contribution in [-0.4, -0.2) is 37.5 Å². The smallest absolute Gasteiger partial charge is 0.328 e. The molecule has 0 aromatic heterocycles. The van der Waals surface area contributed by atoms with E-state index in [1.54, 1.807) is 37.5 Å². The van der Waals surface area contributed by atoms with E-state index in [0.29, 0.717) is 11.4 Å². The Kier molecular flexibility index (Phi) is 7.77. The molecule has 0 saturated carbocycles. The van der Waals surface area contributed by atoms with E-state index in [2.05, 4.69) is 10.6 Å². The fourth-order valence-corrected chi connectivity index (χ4v) is 2.19. The molecule has 2 aromatic carbocycles. The molecule has 0 spiro atoms.